The van der Waals surface area contributed by atoms with Gasteiger partial charge in [0, 0.05) is 25.2 Å². The first kappa shape index (κ1) is 20.6. The molecule has 7 heteroatoms. The Labute approximate surface area is 158 Å². The maximum atomic E-state index is 13.0. The zero-order valence-corrected chi connectivity index (χ0v) is 15.7. The van der Waals surface area contributed by atoms with E-state index in [-0.39, 0.29) is 17.4 Å². The molecule has 0 aliphatic rings. The molecule has 0 saturated carbocycles. The molecule has 0 bridgehead atoms. The maximum Gasteiger partial charge on any atom is 0.387 e. The van der Waals surface area contributed by atoms with Crippen LogP contribution in [0.15, 0.2) is 48.5 Å². The second kappa shape index (κ2) is 9.87. The number of rotatable bonds is 9. The summed E-state index contributed by atoms with van der Waals surface area (Å²) in [7, 11) is 5.21. The van der Waals surface area contributed by atoms with E-state index in [2.05, 4.69) is 4.74 Å². The van der Waals surface area contributed by atoms with Crippen molar-refractivity contribution in [3.8, 4) is 11.5 Å². The highest BCUT2D eigenvalue weighted by molar-refractivity contribution is 5.95. The van der Waals surface area contributed by atoms with E-state index < -0.39 is 6.61 Å². The molecule has 0 aliphatic carbocycles. The predicted octanol–water partition coefficient (Wildman–Crippen LogP) is 3.50. The van der Waals surface area contributed by atoms with Crippen LogP contribution < -0.4 is 9.47 Å². The summed E-state index contributed by atoms with van der Waals surface area (Å²) in [5.41, 5.74) is 1.36. The summed E-state index contributed by atoms with van der Waals surface area (Å²) in [5, 5.41) is 0. The Kier molecular flexibility index (Phi) is 7.55. The van der Waals surface area contributed by atoms with E-state index in [1.807, 2.05) is 49.3 Å². The van der Waals surface area contributed by atoms with Gasteiger partial charge in [-0.2, -0.15) is 8.78 Å². The minimum absolute atomic E-state index is 0.0911. The van der Waals surface area contributed by atoms with Crippen LogP contribution in [-0.2, 0) is 6.54 Å². The van der Waals surface area contributed by atoms with Crippen LogP contribution in [0.3, 0.4) is 0 Å². The molecule has 27 heavy (non-hydrogen) atoms. The summed E-state index contributed by atoms with van der Waals surface area (Å²) >= 11 is 0. The summed E-state index contributed by atoms with van der Waals surface area (Å²) in [6.45, 7) is -1.29. The van der Waals surface area contributed by atoms with E-state index in [0.29, 0.717) is 25.2 Å². The van der Waals surface area contributed by atoms with Crippen molar-refractivity contribution in [1.82, 2.24) is 9.80 Å². The van der Waals surface area contributed by atoms with Crippen LogP contribution in [0.2, 0.25) is 0 Å². The van der Waals surface area contributed by atoms with Crippen molar-refractivity contribution in [3.05, 3.63) is 59.7 Å². The van der Waals surface area contributed by atoms with Crippen LogP contribution in [0.1, 0.15) is 15.9 Å². The molecule has 0 heterocycles. The maximum absolute atomic E-state index is 13.0. The normalized spacial score (nSPS) is 10.9. The third-order valence-electron chi connectivity index (χ3n) is 3.95. The van der Waals surface area contributed by atoms with Crippen LogP contribution in [0.5, 0.6) is 11.5 Å². The van der Waals surface area contributed by atoms with Crippen LogP contribution >= 0.6 is 0 Å². The molecule has 1 amide bonds. The molecule has 0 aromatic heterocycles. The number of halogens is 2. The van der Waals surface area contributed by atoms with Crippen LogP contribution in [-0.4, -0.2) is 56.6 Å². The Morgan fingerprint density at radius 1 is 1.04 bits per heavy atom. The molecular formula is C20H24F2N2O3. The van der Waals surface area contributed by atoms with Gasteiger partial charge in [-0.25, -0.2) is 0 Å². The average molecular weight is 378 g/mol. The van der Waals surface area contributed by atoms with E-state index in [4.69, 9.17) is 4.74 Å². The third-order valence-corrected chi connectivity index (χ3v) is 3.95. The Morgan fingerprint density at radius 3 is 2.33 bits per heavy atom. The Bertz CT molecular complexity index is 739. The first-order chi connectivity index (χ1) is 12.9. The minimum atomic E-state index is -2.96. The lowest BCUT2D eigenvalue weighted by molar-refractivity contribution is -0.0512. The number of hydrogen-bond donors (Lipinski definition) is 0. The molecule has 0 aliphatic heterocycles. The second-order valence-electron chi connectivity index (χ2n) is 6.26. The van der Waals surface area contributed by atoms with Crippen LogP contribution in [0.25, 0.3) is 0 Å². The Morgan fingerprint density at radius 2 is 1.74 bits per heavy atom. The van der Waals surface area contributed by atoms with Gasteiger partial charge >= 0.3 is 6.61 Å². The second-order valence-corrected chi connectivity index (χ2v) is 6.26. The highest BCUT2D eigenvalue weighted by Gasteiger charge is 2.19. The summed E-state index contributed by atoms with van der Waals surface area (Å²) < 4.78 is 34.5. The lowest BCUT2D eigenvalue weighted by Crippen LogP contribution is -2.36. The summed E-state index contributed by atoms with van der Waals surface area (Å²) in [6.07, 6.45) is 0. The van der Waals surface area contributed by atoms with E-state index in [9.17, 15) is 13.6 Å². The van der Waals surface area contributed by atoms with Gasteiger partial charge in [0.2, 0.25) is 0 Å². The van der Waals surface area contributed by atoms with E-state index in [1.165, 1.54) is 25.3 Å². The molecule has 2 aromatic carbocycles. The number of methoxy groups -OCH3 is 1. The molecule has 0 fully saturated rings. The molecule has 2 rings (SSSR count). The van der Waals surface area contributed by atoms with Crippen molar-refractivity contribution in [1.29, 1.82) is 0 Å². The zero-order chi connectivity index (χ0) is 19.8. The van der Waals surface area contributed by atoms with Crippen molar-refractivity contribution < 1.29 is 23.0 Å². The van der Waals surface area contributed by atoms with E-state index in [1.54, 1.807) is 4.90 Å². The molecule has 146 valence electrons. The van der Waals surface area contributed by atoms with Gasteiger partial charge < -0.3 is 19.3 Å². The fourth-order valence-electron chi connectivity index (χ4n) is 2.55. The SMILES string of the molecule is COc1cc(C(=O)N(CCN(C)C)Cc2ccccc2)ccc1OC(F)F. The van der Waals surface area contributed by atoms with Crippen molar-refractivity contribution in [3.63, 3.8) is 0 Å². The molecule has 2 aromatic rings. The molecule has 0 saturated heterocycles. The lowest BCUT2D eigenvalue weighted by atomic mass is 10.1. The predicted molar refractivity (Wildman–Crippen MR) is 99.4 cm³/mol. The Balaban J connectivity index is 2.24. The summed E-state index contributed by atoms with van der Waals surface area (Å²) in [5.74, 6) is -0.219. The number of likely N-dealkylation sites (N-methyl/N-ethyl adjacent to an activating group) is 1. The molecule has 0 N–H and O–H groups in total. The molecule has 0 spiro atoms. The zero-order valence-electron chi connectivity index (χ0n) is 15.7. The topological polar surface area (TPSA) is 42.0 Å². The third kappa shape index (κ3) is 6.21. The monoisotopic (exact) mass is 378 g/mol. The number of hydrogen-bond acceptors (Lipinski definition) is 4. The largest absolute Gasteiger partial charge is 0.493 e. The van der Waals surface area contributed by atoms with E-state index in [0.717, 1.165) is 5.56 Å². The van der Waals surface area contributed by atoms with Gasteiger partial charge in [-0.15, -0.1) is 0 Å². The van der Waals surface area contributed by atoms with Gasteiger partial charge in [-0.3, -0.25) is 4.79 Å². The van der Waals surface area contributed by atoms with Gasteiger partial charge in [0.15, 0.2) is 11.5 Å². The lowest BCUT2D eigenvalue weighted by Gasteiger charge is -2.25. The van der Waals surface area contributed by atoms with Gasteiger partial charge in [-0.05, 0) is 37.9 Å². The van der Waals surface area contributed by atoms with Gasteiger partial charge in [-0.1, -0.05) is 30.3 Å². The first-order valence-electron chi connectivity index (χ1n) is 8.51. The van der Waals surface area contributed by atoms with Crippen molar-refractivity contribution >= 4 is 5.91 Å². The molecule has 0 radical (unpaired) electrons. The number of ether oxygens (including phenoxy) is 2. The van der Waals surface area contributed by atoms with Crippen molar-refractivity contribution in [2.75, 3.05) is 34.3 Å². The average Bonchev–Trinajstić information content (AvgIpc) is 2.65. The standard InChI is InChI=1S/C20H24F2N2O3/c1-23(2)11-12-24(14-15-7-5-4-6-8-15)19(25)16-9-10-17(27-20(21)22)18(13-16)26-3/h4-10,13,20H,11-12,14H2,1-3H3. The number of nitrogens with zero attached hydrogens (tertiary/aromatic N) is 2. The quantitative estimate of drug-likeness (QED) is 0.670. The van der Waals surface area contributed by atoms with Crippen LogP contribution in [0, 0.1) is 0 Å². The number of alkyl halides is 2. The minimum Gasteiger partial charge on any atom is -0.493 e. The summed E-state index contributed by atoms with van der Waals surface area (Å²) in [4.78, 5) is 16.7. The number of carbonyl (C=O) groups is 1. The fraction of sp³-hybridized carbons (Fsp3) is 0.350. The first-order valence-corrected chi connectivity index (χ1v) is 8.51. The molecular weight excluding hydrogens is 354 g/mol. The number of amides is 1. The fourth-order valence-corrected chi connectivity index (χ4v) is 2.55. The van der Waals surface area contributed by atoms with Gasteiger partial charge in [0.05, 0.1) is 7.11 Å². The highest BCUT2D eigenvalue weighted by Crippen LogP contribution is 2.30. The summed E-state index contributed by atoms with van der Waals surface area (Å²) in [6, 6.07) is 13.9. The molecule has 5 nitrogen and oxygen atoms in total. The van der Waals surface area contributed by atoms with Crippen LogP contribution in [0.4, 0.5) is 8.78 Å². The highest BCUT2D eigenvalue weighted by atomic mass is 19.3. The molecule has 0 atom stereocenters. The van der Waals surface area contributed by atoms with Crippen molar-refractivity contribution in [2.24, 2.45) is 0 Å². The van der Waals surface area contributed by atoms with Gasteiger partial charge in [0.1, 0.15) is 0 Å². The van der Waals surface area contributed by atoms with E-state index >= 15 is 0 Å². The van der Waals surface area contributed by atoms with Crippen molar-refractivity contribution in [2.45, 2.75) is 13.2 Å². The van der Waals surface area contributed by atoms with Gasteiger partial charge in [0.25, 0.3) is 5.91 Å². The molecule has 0 unspecified atom stereocenters. The Hall–Kier alpha value is -2.67. The number of carbonyl (C=O) groups excluding carboxylic acids is 1. The number of benzene rings is 2. The smallest absolute Gasteiger partial charge is 0.387 e.